The summed E-state index contributed by atoms with van der Waals surface area (Å²) in [5, 5.41) is 8.59. The number of amides is 1. The van der Waals surface area contributed by atoms with Gasteiger partial charge in [-0.05, 0) is 51.7 Å². The van der Waals surface area contributed by atoms with E-state index in [1.807, 2.05) is 35.5 Å². The molecule has 2 aliphatic rings. The van der Waals surface area contributed by atoms with Gasteiger partial charge in [-0.2, -0.15) is 9.61 Å². The molecule has 2 aliphatic heterocycles. The molecule has 3 N–H and O–H groups in total. The van der Waals surface area contributed by atoms with E-state index in [1.165, 1.54) is 0 Å². The minimum absolute atomic E-state index is 0.00166. The Bertz CT molecular complexity index is 1300. The van der Waals surface area contributed by atoms with Crippen molar-refractivity contribution < 1.29 is 4.79 Å². The van der Waals surface area contributed by atoms with Crippen molar-refractivity contribution in [1.29, 1.82) is 0 Å². The number of anilines is 3. The van der Waals surface area contributed by atoms with E-state index in [0.717, 1.165) is 91.7 Å². The quantitative estimate of drug-likeness (QED) is 0.549. The van der Waals surface area contributed by atoms with Crippen LogP contribution in [0.1, 0.15) is 65.8 Å². The zero-order chi connectivity index (χ0) is 26.3. The first-order chi connectivity index (χ1) is 17.8. The van der Waals surface area contributed by atoms with Crippen LogP contribution in [0.4, 0.5) is 17.3 Å². The number of nitrogens with one attached hydrogen (secondary N) is 1. The minimum Gasteiger partial charge on any atom is -0.384 e. The van der Waals surface area contributed by atoms with Crippen LogP contribution in [-0.2, 0) is 0 Å². The van der Waals surface area contributed by atoms with Crippen molar-refractivity contribution >= 4 is 28.9 Å². The highest BCUT2D eigenvalue weighted by Gasteiger charge is 2.29. The smallest absolute Gasteiger partial charge is 0.256 e. The zero-order valence-corrected chi connectivity index (χ0v) is 22.8. The van der Waals surface area contributed by atoms with Crippen molar-refractivity contribution in [3.05, 3.63) is 46.6 Å². The lowest BCUT2D eigenvalue weighted by Gasteiger charge is -2.27. The van der Waals surface area contributed by atoms with E-state index in [0.29, 0.717) is 5.56 Å². The molecule has 0 spiro atoms. The molecule has 4 heterocycles. The molecule has 2 aromatic heterocycles. The Hall–Kier alpha value is -3.33. The van der Waals surface area contributed by atoms with Gasteiger partial charge in [0.25, 0.3) is 5.91 Å². The fourth-order valence-corrected chi connectivity index (χ4v) is 5.78. The monoisotopic (exact) mass is 504 g/mol. The molecule has 37 heavy (non-hydrogen) atoms. The standard InChI is InChI=1S/C28H40N8O/c1-6-24-23-16-25-31-26(35-14-11-20(29)17-35)19(3)27(36(25)32-23)33(4)13-8-7-12-30-22-10-9-18(2)15-21(22)28(37)34(24)5/h9-10,15-16,20,24,30H,6-8,11-14,17,29H2,1-5H3/t20-,24?/m0/s1. The second kappa shape index (κ2) is 10.2. The highest BCUT2D eigenvalue weighted by atomic mass is 16.2. The molecule has 0 saturated carbocycles. The number of hydrogen-bond acceptors (Lipinski definition) is 7. The van der Waals surface area contributed by atoms with Crippen molar-refractivity contribution in [3.8, 4) is 0 Å². The summed E-state index contributed by atoms with van der Waals surface area (Å²) in [5.74, 6) is 2.04. The molecule has 1 aromatic carbocycles. The van der Waals surface area contributed by atoms with Crippen LogP contribution in [0.2, 0.25) is 0 Å². The van der Waals surface area contributed by atoms with E-state index < -0.39 is 0 Å². The first-order valence-corrected chi connectivity index (χ1v) is 13.5. The molecule has 0 aliphatic carbocycles. The number of nitrogens with two attached hydrogens (primary N) is 1. The van der Waals surface area contributed by atoms with Gasteiger partial charge >= 0.3 is 0 Å². The van der Waals surface area contributed by atoms with Crippen molar-refractivity contribution in [1.82, 2.24) is 19.5 Å². The Morgan fingerprint density at radius 1 is 1.14 bits per heavy atom. The lowest BCUT2D eigenvalue weighted by molar-refractivity contribution is 0.0723. The summed E-state index contributed by atoms with van der Waals surface area (Å²) in [6.07, 6.45) is 3.72. The summed E-state index contributed by atoms with van der Waals surface area (Å²) in [4.78, 5) is 25.3. The van der Waals surface area contributed by atoms with Gasteiger partial charge in [0.05, 0.1) is 17.3 Å². The molecule has 1 saturated heterocycles. The maximum absolute atomic E-state index is 13.8. The van der Waals surface area contributed by atoms with Crippen molar-refractivity contribution in [3.63, 3.8) is 0 Å². The molecule has 0 radical (unpaired) electrons. The summed E-state index contributed by atoms with van der Waals surface area (Å²) < 4.78 is 1.97. The van der Waals surface area contributed by atoms with Crippen LogP contribution in [-0.4, -0.2) is 71.7 Å². The zero-order valence-electron chi connectivity index (χ0n) is 22.8. The van der Waals surface area contributed by atoms with E-state index in [9.17, 15) is 4.79 Å². The average Bonchev–Trinajstić information content (AvgIpc) is 3.49. The number of hydrogen-bond donors (Lipinski definition) is 2. The second-order valence-corrected chi connectivity index (χ2v) is 10.7. The van der Waals surface area contributed by atoms with E-state index in [4.69, 9.17) is 15.8 Å². The van der Waals surface area contributed by atoms with E-state index >= 15 is 0 Å². The van der Waals surface area contributed by atoms with Crippen molar-refractivity contribution in [2.24, 2.45) is 5.73 Å². The molecule has 3 aromatic rings. The van der Waals surface area contributed by atoms with Gasteiger partial charge in [0.2, 0.25) is 0 Å². The summed E-state index contributed by atoms with van der Waals surface area (Å²) in [7, 11) is 4.02. The van der Waals surface area contributed by atoms with Gasteiger partial charge in [0.15, 0.2) is 5.65 Å². The molecule has 2 atom stereocenters. The topological polar surface area (TPSA) is 95.0 Å². The van der Waals surface area contributed by atoms with E-state index in [1.54, 1.807) is 0 Å². The second-order valence-electron chi connectivity index (χ2n) is 10.7. The lowest BCUT2D eigenvalue weighted by atomic mass is 10.0. The maximum atomic E-state index is 13.8. The van der Waals surface area contributed by atoms with Crippen LogP contribution < -0.4 is 20.9 Å². The predicted octanol–water partition coefficient (Wildman–Crippen LogP) is 3.75. The van der Waals surface area contributed by atoms with Gasteiger partial charge in [0, 0.05) is 63.6 Å². The molecular formula is C28H40N8O. The molecule has 5 rings (SSSR count). The summed E-state index contributed by atoms with van der Waals surface area (Å²) in [5.41, 5.74) is 11.7. The van der Waals surface area contributed by atoms with Crippen LogP contribution in [0, 0.1) is 13.8 Å². The van der Waals surface area contributed by atoms with Crippen LogP contribution in [0.25, 0.3) is 5.65 Å². The lowest BCUT2D eigenvalue weighted by Crippen LogP contribution is -2.32. The Balaban J connectivity index is 1.64. The van der Waals surface area contributed by atoms with Gasteiger partial charge in [-0.1, -0.05) is 18.6 Å². The van der Waals surface area contributed by atoms with Crippen molar-refractivity contribution in [2.45, 2.75) is 58.5 Å². The average molecular weight is 505 g/mol. The van der Waals surface area contributed by atoms with Gasteiger partial charge in [-0.25, -0.2) is 4.98 Å². The normalized spacial score (nSPS) is 21.2. The van der Waals surface area contributed by atoms with Gasteiger partial charge < -0.3 is 25.8 Å². The number of nitrogens with zero attached hydrogens (tertiary/aromatic N) is 6. The van der Waals surface area contributed by atoms with Gasteiger partial charge in [-0.3, -0.25) is 4.79 Å². The SMILES string of the molecule is CCC1c2cc3nc(N4CC[C@H](N)C4)c(C)c(n3n2)N(C)CCCCNc2ccc(C)cc2C(=O)N1C. The van der Waals surface area contributed by atoms with E-state index in [2.05, 4.69) is 48.1 Å². The molecule has 1 fully saturated rings. The Morgan fingerprint density at radius 2 is 1.95 bits per heavy atom. The number of aryl methyl sites for hydroxylation is 1. The maximum Gasteiger partial charge on any atom is 0.256 e. The third-order valence-corrected chi connectivity index (χ3v) is 7.84. The minimum atomic E-state index is -0.171. The summed E-state index contributed by atoms with van der Waals surface area (Å²) >= 11 is 0. The number of fused-ring (bicyclic) bond motifs is 2. The largest absolute Gasteiger partial charge is 0.384 e. The Kier molecular flexibility index (Phi) is 6.98. The molecule has 198 valence electrons. The molecule has 2 bridgehead atoms. The van der Waals surface area contributed by atoms with Gasteiger partial charge in [-0.15, -0.1) is 0 Å². The summed E-state index contributed by atoms with van der Waals surface area (Å²) in [6, 6.07) is 8.12. The van der Waals surface area contributed by atoms with Crippen LogP contribution >= 0.6 is 0 Å². The fraction of sp³-hybridized carbons (Fsp3) is 0.536. The molecule has 9 nitrogen and oxygen atoms in total. The number of rotatable bonds is 2. The highest BCUT2D eigenvalue weighted by Crippen LogP contribution is 2.33. The third kappa shape index (κ3) is 4.72. The predicted molar refractivity (Wildman–Crippen MR) is 150 cm³/mol. The van der Waals surface area contributed by atoms with Crippen LogP contribution in [0.15, 0.2) is 24.3 Å². The summed E-state index contributed by atoms with van der Waals surface area (Å²) in [6.45, 7) is 9.70. The van der Waals surface area contributed by atoms with Crippen LogP contribution in [0.3, 0.4) is 0 Å². The number of aromatic nitrogens is 3. The molecule has 9 heteroatoms. The Labute approximate surface area is 219 Å². The highest BCUT2D eigenvalue weighted by molar-refractivity contribution is 6.00. The first-order valence-electron chi connectivity index (χ1n) is 13.5. The molecular weight excluding hydrogens is 464 g/mol. The molecule has 1 unspecified atom stereocenters. The Morgan fingerprint density at radius 3 is 2.68 bits per heavy atom. The van der Waals surface area contributed by atoms with Crippen LogP contribution in [0.5, 0.6) is 0 Å². The van der Waals surface area contributed by atoms with E-state index in [-0.39, 0.29) is 18.0 Å². The number of carbonyl (C=O) groups is 1. The van der Waals surface area contributed by atoms with Crippen molar-refractivity contribution in [2.75, 3.05) is 55.4 Å². The van der Waals surface area contributed by atoms with Gasteiger partial charge in [0.1, 0.15) is 11.6 Å². The third-order valence-electron chi connectivity index (χ3n) is 7.84. The fourth-order valence-electron chi connectivity index (χ4n) is 5.78. The first kappa shape index (κ1) is 25.3. The number of benzene rings is 1. The number of carbonyl (C=O) groups excluding carboxylic acids is 1. The molecule has 1 amide bonds.